The van der Waals surface area contributed by atoms with Crippen molar-refractivity contribution in [1.29, 1.82) is 0 Å². The minimum absolute atomic E-state index is 0.0949. The first-order valence-corrected chi connectivity index (χ1v) is 9.23. The molecule has 2 heterocycles. The molecule has 2 saturated heterocycles. The number of aliphatic carboxylic acids is 1. The maximum Gasteiger partial charge on any atom is 0.303 e. The summed E-state index contributed by atoms with van der Waals surface area (Å²) in [5, 5.41) is 8.79. The van der Waals surface area contributed by atoms with Crippen LogP contribution in [0.5, 0.6) is 0 Å². The monoisotopic (exact) mass is 345 g/mol. The van der Waals surface area contributed by atoms with Crippen molar-refractivity contribution in [2.24, 2.45) is 5.92 Å². The van der Waals surface area contributed by atoms with Crippen molar-refractivity contribution in [3.05, 3.63) is 35.4 Å². The third kappa shape index (κ3) is 4.40. The lowest BCUT2D eigenvalue weighted by molar-refractivity contribution is -0.138. The van der Waals surface area contributed by atoms with Crippen molar-refractivity contribution in [2.75, 3.05) is 13.2 Å². The molecule has 5 nitrogen and oxygen atoms in total. The van der Waals surface area contributed by atoms with Crippen molar-refractivity contribution < 1.29 is 19.4 Å². The maximum atomic E-state index is 12.9. The number of aryl methyl sites for hydroxylation is 1. The predicted octanol–water partition coefficient (Wildman–Crippen LogP) is 2.80. The first-order valence-electron chi connectivity index (χ1n) is 9.23. The van der Waals surface area contributed by atoms with E-state index in [1.54, 1.807) is 0 Å². The Kier molecular flexibility index (Phi) is 5.74. The summed E-state index contributed by atoms with van der Waals surface area (Å²) in [4.78, 5) is 25.7. The van der Waals surface area contributed by atoms with E-state index in [-0.39, 0.29) is 30.4 Å². The predicted molar refractivity (Wildman–Crippen MR) is 94.3 cm³/mol. The number of amides is 1. The Bertz CT molecular complexity index is 630. The van der Waals surface area contributed by atoms with Crippen molar-refractivity contribution in [2.45, 2.75) is 57.6 Å². The number of hydrogen-bond acceptors (Lipinski definition) is 3. The quantitative estimate of drug-likeness (QED) is 0.861. The van der Waals surface area contributed by atoms with Gasteiger partial charge in [-0.3, -0.25) is 9.59 Å². The summed E-state index contributed by atoms with van der Waals surface area (Å²) in [5.74, 6) is -0.735. The van der Waals surface area contributed by atoms with Gasteiger partial charge in [-0.25, -0.2) is 0 Å². The molecule has 25 heavy (non-hydrogen) atoms. The van der Waals surface area contributed by atoms with Crippen LogP contribution in [-0.4, -0.2) is 47.2 Å². The summed E-state index contributed by atoms with van der Waals surface area (Å²) < 4.78 is 5.66. The second-order valence-corrected chi connectivity index (χ2v) is 7.28. The Morgan fingerprint density at radius 2 is 2.12 bits per heavy atom. The van der Waals surface area contributed by atoms with E-state index in [1.807, 2.05) is 11.0 Å². The minimum Gasteiger partial charge on any atom is -0.481 e. The first kappa shape index (κ1) is 17.9. The van der Waals surface area contributed by atoms with Crippen LogP contribution in [0.1, 0.15) is 43.2 Å². The van der Waals surface area contributed by atoms with E-state index in [0.717, 1.165) is 25.8 Å². The molecule has 0 radical (unpaired) electrons. The van der Waals surface area contributed by atoms with Crippen LogP contribution in [0.2, 0.25) is 0 Å². The summed E-state index contributed by atoms with van der Waals surface area (Å²) in [7, 11) is 0. The van der Waals surface area contributed by atoms with Crippen LogP contribution in [0, 0.1) is 12.8 Å². The fourth-order valence-corrected chi connectivity index (χ4v) is 4.03. The second kappa shape index (κ2) is 8.00. The molecule has 2 aliphatic rings. The Morgan fingerprint density at radius 3 is 2.88 bits per heavy atom. The topological polar surface area (TPSA) is 66.8 Å². The SMILES string of the molecule is Cc1ccccc1CC1CCCN1C(=O)C1COC(CCC(=O)O)C1. The Balaban J connectivity index is 1.58. The van der Waals surface area contributed by atoms with Gasteiger partial charge in [-0.1, -0.05) is 24.3 Å². The van der Waals surface area contributed by atoms with Gasteiger partial charge in [0.15, 0.2) is 0 Å². The number of likely N-dealkylation sites (tertiary alicyclic amines) is 1. The van der Waals surface area contributed by atoms with Crippen LogP contribution < -0.4 is 0 Å². The number of carbonyl (C=O) groups is 2. The maximum absolute atomic E-state index is 12.9. The first-order chi connectivity index (χ1) is 12.0. The molecule has 136 valence electrons. The van der Waals surface area contributed by atoms with E-state index >= 15 is 0 Å². The highest BCUT2D eigenvalue weighted by Gasteiger charge is 2.37. The molecule has 0 bridgehead atoms. The molecule has 0 spiro atoms. The molecule has 0 saturated carbocycles. The average Bonchev–Trinajstić information content (AvgIpc) is 3.24. The van der Waals surface area contributed by atoms with Gasteiger partial charge >= 0.3 is 5.97 Å². The van der Waals surface area contributed by atoms with Gasteiger partial charge in [0, 0.05) is 19.0 Å². The molecular weight excluding hydrogens is 318 g/mol. The number of rotatable bonds is 6. The van der Waals surface area contributed by atoms with Crippen LogP contribution in [-0.2, 0) is 20.7 Å². The van der Waals surface area contributed by atoms with Crippen molar-refractivity contribution in [3.63, 3.8) is 0 Å². The van der Waals surface area contributed by atoms with Crippen molar-refractivity contribution >= 4 is 11.9 Å². The van der Waals surface area contributed by atoms with Gasteiger partial charge in [-0.05, 0) is 50.2 Å². The van der Waals surface area contributed by atoms with Crippen molar-refractivity contribution in [3.8, 4) is 0 Å². The molecule has 2 aliphatic heterocycles. The fourth-order valence-electron chi connectivity index (χ4n) is 4.03. The Labute approximate surface area is 149 Å². The van der Waals surface area contributed by atoms with E-state index in [1.165, 1.54) is 11.1 Å². The van der Waals surface area contributed by atoms with Crippen LogP contribution >= 0.6 is 0 Å². The number of benzene rings is 1. The highest BCUT2D eigenvalue weighted by Crippen LogP contribution is 2.29. The third-order valence-corrected chi connectivity index (χ3v) is 5.49. The lowest BCUT2D eigenvalue weighted by atomic mass is 9.97. The molecule has 3 atom stereocenters. The smallest absolute Gasteiger partial charge is 0.303 e. The van der Waals surface area contributed by atoms with Crippen LogP contribution in [0.15, 0.2) is 24.3 Å². The van der Waals surface area contributed by atoms with Gasteiger partial charge < -0.3 is 14.7 Å². The molecule has 2 fully saturated rings. The fraction of sp³-hybridized carbons (Fsp3) is 0.600. The van der Waals surface area contributed by atoms with Gasteiger partial charge in [0.25, 0.3) is 0 Å². The molecule has 1 aromatic rings. The van der Waals surface area contributed by atoms with E-state index in [2.05, 4.69) is 25.1 Å². The summed E-state index contributed by atoms with van der Waals surface area (Å²) >= 11 is 0. The van der Waals surface area contributed by atoms with Gasteiger partial charge in [-0.2, -0.15) is 0 Å². The van der Waals surface area contributed by atoms with E-state index in [0.29, 0.717) is 19.4 Å². The summed E-state index contributed by atoms with van der Waals surface area (Å²) in [6.45, 7) is 3.37. The largest absolute Gasteiger partial charge is 0.481 e. The van der Waals surface area contributed by atoms with Crippen LogP contribution in [0.25, 0.3) is 0 Å². The number of carboxylic acids is 1. The van der Waals surface area contributed by atoms with Crippen LogP contribution in [0.4, 0.5) is 0 Å². The zero-order valence-electron chi connectivity index (χ0n) is 14.8. The molecule has 3 unspecified atom stereocenters. The number of hydrogen-bond donors (Lipinski definition) is 1. The average molecular weight is 345 g/mol. The lowest BCUT2D eigenvalue weighted by Crippen LogP contribution is -2.41. The highest BCUT2D eigenvalue weighted by molar-refractivity contribution is 5.80. The number of ether oxygens (including phenoxy) is 1. The second-order valence-electron chi connectivity index (χ2n) is 7.28. The summed E-state index contributed by atoms with van der Waals surface area (Å²) in [6.07, 6.45) is 4.17. The van der Waals surface area contributed by atoms with Gasteiger partial charge in [0.2, 0.25) is 5.91 Å². The third-order valence-electron chi connectivity index (χ3n) is 5.49. The molecule has 3 rings (SSSR count). The molecule has 0 aromatic heterocycles. The van der Waals surface area contributed by atoms with Gasteiger partial charge in [-0.15, -0.1) is 0 Å². The van der Waals surface area contributed by atoms with E-state index in [9.17, 15) is 9.59 Å². The van der Waals surface area contributed by atoms with Crippen LogP contribution in [0.3, 0.4) is 0 Å². The molecule has 1 aromatic carbocycles. The zero-order valence-corrected chi connectivity index (χ0v) is 14.8. The molecule has 1 amide bonds. The lowest BCUT2D eigenvalue weighted by Gasteiger charge is -2.27. The number of carboxylic acid groups (broad SMARTS) is 1. The molecule has 0 aliphatic carbocycles. The normalized spacial score (nSPS) is 26.1. The van der Waals surface area contributed by atoms with Gasteiger partial charge in [0.1, 0.15) is 0 Å². The molecule has 5 heteroatoms. The molecule has 1 N–H and O–H groups in total. The van der Waals surface area contributed by atoms with Gasteiger partial charge in [0.05, 0.1) is 18.6 Å². The zero-order chi connectivity index (χ0) is 17.8. The van der Waals surface area contributed by atoms with E-state index in [4.69, 9.17) is 9.84 Å². The highest BCUT2D eigenvalue weighted by atomic mass is 16.5. The Morgan fingerprint density at radius 1 is 1.32 bits per heavy atom. The van der Waals surface area contributed by atoms with Crippen molar-refractivity contribution in [1.82, 2.24) is 4.90 Å². The molecular formula is C20H27NO4. The number of carbonyl (C=O) groups excluding carboxylic acids is 1. The minimum atomic E-state index is -0.809. The Hall–Kier alpha value is -1.88. The van der Waals surface area contributed by atoms with E-state index < -0.39 is 5.97 Å². The summed E-state index contributed by atoms with van der Waals surface area (Å²) in [5.41, 5.74) is 2.59. The summed E-state index contributed by atoms with van der Waals surface area (Å²) in [6, 6.07) is 8.64. The standard InChI is InChI=1S/C20H27NO4/c1-14-5-2-3-6-15(14)11-17-7-4-10-21(17)20(24)16-12-18(25-13-16)8-9-19(22)23/h2-3,5-6,16-18H,4,7-13H2,1H3,(H,22,23). The number of nitrogens with zero attached hydrogens (tertiary/aromatic N) is 1.